The van der Waals surface area contributed by atoms with Crippen molar-refractivity contribution in [3.05, 3.63) is 0 Å². The van der Waals surface area contributed by atoms with Gasteiger partial charge in [0.15, 0.2) is 6.10 Å². The number of ether oxygens (including phenoxy) is 4. The normalized spacial score (nSPS) is 32.1. The molecule has 120 valence electrons. The molecule has 1 rings (SSSR count). The minimum absolute atomic E-state index is 0.466. The number of carbonyl (C=O) groups is 3. The van der Waals surface area contributed by atoms with Crippen LogP contribution in [0.4, 0.5) is 4.39 Å². The molecular formula is C12H17FO8. The molecule has 0 aromatic heterocycles. The second-order valence-corrected chi connectivity index (χ2v) is 4.47. The zero-order valence-electron chi connectivity index (χ0n) is 11.8. The van der Waals surface area contributed by atoms with Gasteiger partial charge in [0.2, 0.25) is 6.10 Å². The zero-order chi connectivity index (χ0) is 16.2. The van der Waals surface area contributed by atoms with Crippen molar-refractivity contribution in [2.24, 2.45) is 0 Å². The predicted octanol–water partition coefficient (Wildman–Crippen LogP) is -0.530. The van der Waals surface area contributed by atoms with Crippen LogP contribution >= 0.6 is 0 Å². The molecule has 1 aliphatic rings. The second-order valence-electron chi connectivity index (χ2n) is 4.47. The Kier molecular flexibility index (Phi) is 5.62. The molecule has 1 heterocycles. The lowest BCUT2D eigenvalue weighted by molar-refractivity contribution is -0.310. The van der Waals surface area contributed by atoms with Crippen molar-refractivity contribution in [3.63, 3.8) is 0 Å². The summed E-state index contributed by atoms with van der Waals surface area (Å²) in [7, 11) is 0. The van der Waals surface area contributed by atoms with Gasteiger partial charge >= 0.3 is 23.8 Å². The van der Waals surface area contributed by atoms with Crippen LogP contribution < -0.4 is 0 Å². The van der Waals surface area contributed by atoms with Crippen LogP contribution in [-0.2, 0) is 33.3 Å². The van der Waals surface area contributed by atoms with Gasteiger partial charge in [-0.25, -0.2) is 0 Å². The zero-order valence-corrected chi connectivity index (χ0v) is 11.8. The van der Waals surface area contributed by atoms with Crippen molar-refractivity contribution in [2.75, 3.05) is 13.2 Å². The van der Waals surface area contributed by atoms with E-state index in [0.717, 1.165) is 20.8 Å². The maximum absolute atomic E-state index is 15.1. The summed E-state index contributed by atoms with van der Waals surface area (Å²) >= 11 is 0. The number of hydrogen-bond donors (Lipinski definition) is 1. The highest BCUT2D eigenvalue weighted by Gasteiger charge is 2.60. The van der Waals surface area contributed by atoms with Crippen LogP contribution in [0.1, 0.15) is 20.8 Å². The van der Waals surface area contributed by atoms with Gasteiger partial charge in [-0.3, -0.25) is 14.4 Å². The number of rotatable bonds is 4. The molecule has 1 fully saturated rings. The van der Waals surface area contributed by atoms with Crippen molar-refractivity contribution in [1.82, 2.24) is 0 Å². The van der Waals surface area contributed by atoms with E-state index in [9.17, 15) is 19.5 Å². The lowest BCUT2D eigenvalue weighted by Crippen LogP contribution is -2.65. The van der Waals surface area contributed by atoms with E-state index in [1.54, 1.807) is 0 Å². The second kappa shape index (κ2) is 6.81. The highest BCUT2D eigenvalue weighted by Crippen LogP contribution is 2.35. The Labute approximate surface area is 120 Å². The Balaban J connectivity index is 3.15. The molecule has 0 saturated carbocycles. The fraction of sp³-hybridized carbons (Fsp3) is 0.750. The van der Waals surface area contributed by atoms with Crippen LogP contribution in [0.5, 0.6) is 0 Å². The van der Waals surface area contributed by atoms with E-state index in [4.69, 9.17) is 14.2 Å². The predicted molar refractivity (Wildman–Crippen MR) is 63.5 cm³/mol. The van der Waals surface area contributed by atoms with E-state index in [1.165, 1.54) is 0 Å². The van der Waals surface area contributed by atoms with Gasteiger partial charge in [0.25, 0.3) is 0 Å². The van der Waals surface area contributed by atoms with E-state index in [1.807, 2.05) is 0 Å². The summed E-state index contributed by atoms with van der Waals surface area (Å²) in [6.45, 7) is 1.84. The first-order valence-electron chi connectivity index (χ1n) is 6.16. The third-order valence-corrected chi connectivity index (χ3v) is 2.71. The average molecular weight is 308 g/mol. The molecular weight excluding hydrogens is 291 g/mol. The topological polar surface area (TPSA) is 108 Å². The van der Waals surface area contributed by atoms with Gasteiger partial charge in [-0.2, -0.15) is 4.39 Å². The summed E-state index contributed by atoms with van der Waals surface area (Å²) in [6, 6.07) is 0. The van der Waals surface area contributed by atoms with Gasteiger partial charge in [0.05, 0.1) is 13.2 Å². The maximum atomic E-state index is 15.1. The Morgan fingerprint density at radius 2 is 1.76 bits per heavy atom. The van der Waals surface area contributed by atoms with E-state index in [2.05, 4.69) is 4.74 Å². The van der Waals surface area contributed by atoms with Gasteiger partial charge in [-0.1, -0.05) is 0 Å². The van der Waals surface area contributed by atoms with Crippen molar-refractivity contribution in [1.29, 1.82) is 0 Å². The van der Waals surface area contributed by atoms with Crippen LogP contribution in [0.3, 0.4) is 0 Å². The third-order valence-electron chi connectivity index (χ3n) is 2.71. The number of alkyl halides is 1. The van der Waals surface area contributed by atoms with Crippen molar-refractivity contribution in [3.8, 4) is 0 Å². The molecule has 9 heteroatoms. The monoisotopic (exact) mass is 308 g/mol. The number of aliphatic hydroxyl groups excluding tert-OH is 1. The molecule has 1 N–H and O–H groups in total. The number of aliphatic hydroxyl groups is 1. The van der Waals surface area contributed by atoms with E-state index in [0.29, 0.717) is 0 Å². The molecule has 8 nitrogen and oxygen atoms in total. The fourth-order valence-electron chi connectivity index (χ4n) is 1.99. The molecule has 0 spiro atoms. The van der Waals surface area contributed by atoms with Crippen molar-refractivity contribution in [2.45, 2.75) is 44.9 Å². The lowest BCUT2D eigenvalue weighted by atomic mass is 9.96. The number of carbonyl (C=O) groups excluding carboxylic acids is 3. The summed E-state index contributed by atoms with van der Waals surface area (Å²) < 4.78 is 34.3. The minimum atomic E-state index is -2.95. The van der Waals surface area contributed by atoms with Gasteiger partial charge < -0.3 is 24.1 Å². The Morgan fingerprint density at radius 1 is 1.19 bits per heavy atom. The SMILES string of the molecule is CC(=O)O[C@H]1CO[C@H](CO)[C@@H](OC(C)=O)[C@]1(F)OC(C)=O. The van der Waals surface area contributed by atoms with Crippen LogP contribution in [0, 0.1) is 0 Å². The molecule has 1 aliphatic heterocycles. The van der Waals surface area contributed by atoms with Crippen LogP contribution in [0.25, 0.3) is 0 Å². The fourth-order valence-corrected chi connectivity index (χ4v) is 1.99. The summed E-state index contributed by atoms with van der Waals surface area (Å²) in [5, 5.41) is 9.18. The molecule has 0 aromatic rings. The van der Waals surface area contributed by atoms with E-state index in [-0.39, 0.29) is 0 Å². The number of esters is 3. The summed E-state index contributed by atoms with van der Waals surface area (Å²) in [5.74, 6) is -5.67. The first-order valence-corrected chi connectivity index (χ1v) is 6.16. The molecule has 0 amide bonds. The largest absolute Gasteiger partial charge is 0.453 e. The van der Waals surface area contributed by atoms with E-state index >= 15 is 4.39 Å². The highest BCUT2D eigenvalue weighted by atomic mass is 19.2. The smallest absolute Gasteiger partial charge is 0.328 e. The first-order chi connectivity index (χ1) is 9.70. The van der Waals surface area contributed by atoms with Crippen LogP contribution in [-0.4, -0.2) is 60.4 Å². The standard InChI is InChI=1S/C12H17FO8/c1-6(15)19-10-5-18-9(4-14)11(20-7(2)16)12(10,13)21-8(3)17/h9-11,14H,4-5H2,1-3H3/t9-,10+,11-,12-/m1/s1. The van der Waals surface area contributed by atoms with Crippen LogP contribution in [0.15, 0.2) is 0 Å². The maximum Gasteiger partial charge on any atom is 0.328 e. The van der Waals surface area contributed by atoms with Gasteiger partial charge in [0, 0.05) is 20.8 Å². The molecule has 21 heavy (non-hydrogen) atoms. The summed E-state index contributed by atoms with van der Waals surface area (Å²) in [5.41, 5.74) is 0. The third kappa shape index (κ3) is 4.11. The molecule has 0 aliphatic carbocycles. The molecule has 4 atom stereocenters. The van der Waals surface area contributed by atoms with Crippen molar-refractivity contribution < 1.29 is 42.8 Å². The Hall–Kier alpha value is -1.74. The molecule has 0 unspecified atom stereocenters. The molecule has 0 bridgehead atoms. The van der Waals surface area contributed by atoms with Gasteiger partial charge in [0.1, 0.15) is 6.10 Å². The van der Waals surface area contributed by atoms with Crippen molar-refractivity contribution >= 4 is 17.9 Å². The minimum Gasteiger partial charge on any atom is -0.453 e. The van der Waals surface area contributed by atoms with Gasteiger partial charge in [-0.15, -0.1) is 0 Å². The molecule has 0 radical (unpaired) electrons. The van der Waals surface area contributed by atoms with Crippen LogP contribution in [0.2, 0.25) is 0 Å². The quantitative estimate of drug-likeness (QED) is 0.545. The highest BCUT2D eigenvalue weighted by molar-refractivity contribution is 5.68. The first kappa shape index (κ1) is 17.3. The summed E-state index contributed by atoms with van der Waals surface area (Å²) in [4.78, 5) is 33.3. The Morgan fingerprint density at radius 3 is 2.19 bits per heavy atom. The molecule has 0 aromatic carbocycles. The Bertz CT molecular complexity index is 425. The average Bonchev–Trinajstić information content (AvgIpc) is 2.33. The number of halogens is 1. The molecule has 1 saturated heterocycles. The summed E-state index contributed by atoms with van der Waals surface area (Å²) in [6.07, 6.45) is -4.64. The van der Waals surface area contributed by atoms with E-state index < -0.39 is 55.3 Å². The number of hydrogen-bond acceptors (Lipinski definition) is 8. The lowest BCUT2D eigenvalue weighted by Gasteiger charge is -2.43. The van der Waals surface area contributed by atoms with Gasteiger partial charge in [-0.05, 0) is 0 Å².